The van der Waals surface area contributed by atoms with Gasteiger partial charge in [0.1, 0.15) is 40.6 Å². The largest absolute Gasteiger partial charge is 0.460 e. The molecule has 0 radical (unpaired) electrons. The highest BCUT2D eigenvalue weighted by Gasteiger charge is 2.24. The van der Waals surface area contributed by atoms with E-state index in [1.165, 1.54) is 0 Å². The second-order valence-corrected chi connectivity index (χ2v) is 30.0. The minimum Gasteiger partial charge on any atom is -0.460 e. The minimum atomic E-state index is -0.812. The van der Waals surface area contributed by atoms with Gasteiger partial charge < -0.3 is 81.0 Å². The van der Waals surface area contributed by atoms with E-state index in [1.807, 2.05) is 203 Å². The molecule has 0 aromatic heterocycles. The number of hydrogen-bond donors (Lipinski definition) is 11. The van der Waals surface area contributed by atoms with Gasteiger partial charge in [-0.1, -0.05) is 196 Å². The van der Waals surface area contributed by atoms with Crippen molar-refractivity contribution in [3.63, 3.8) is 0 Å². The molecule has 0 bridgehead atoms. The van der Waals surface area contributed by atoms with Crippen LogP contribution in [-0.4, -0.2) is 148 Å². The lowest BCUT2D eigenvalue weighted by atomic mass is 10.0. The smallest absolute Gasteiger partial charge is 0.330 e. The van der Waals surface area contributed by atoms with E-state index in [2.05, 4.69) is 22.3 Å². The second-order valence-electron chi connectivity index (χ2n) is 30.0. The summed E-state index contributed by atoms with van der Waals surface area (Å²) in [5.41, 5.74) is 56.0. The molecule has 0 saturated carbocycles. The van der Waals surface area contributed by atoms with Gasteiger partial charge in [-0.25, -0.2) is 4.79 Å². The molecule has 0 spiro atoms. The van der Waals surface area contributed by atoms with Crippen LogP contribution >= 0.6 is 24.8 Å². The Morgan fingerprint density at radius 1 is 0.364 bits per heavy atom. The molecule has 0 saturated heterocycles. The molecule has 29 nitrogen and oxygen atoms in total. The molecule has 6 amide bonds. The van der Waals surface area contributed by atoms with Gasteiger partial charge in [-0.3, -0.25) is 63.3 Å². The third-order valence-electron chi connectivity index (χ3n) is 13.5. The van der Waals surface area contributed by atoms with Crippen molar-refractivity contribution >= 4 is 107 Å². The SMILES string of the molecule is C.C=CC(=O)OC(C)(C)C.CC(C)(C)OC(=O)CCC(N)C(N)=O.CC(C)(C)OC(=O)CCC(N=C(c1ccccc1)c1ccccc1)C(N)=O.CC(C)(C)OC(=O)CC[C@H](N)C(N)=O.CC(C)(C)OC(=O)CC[C@H](N)C(N)=O.Cl.Cl.N=C(c1ccccc1)c1ccccc1.NC(=O)CN=C(c1ccccc1)c1ccccc1.NCC(N)=O. The Morgan fingerprint density at radius 3 is 0.771 bits per heavy atom. The van der Waals surface area contributed by atoms with E-state index in [-0.39, 0.29) is 127 Å². The minimum absolute atomic E-state index is 0. The van der Waals surface area contributed by atoms with Crippen LogP contribution in [0.1, 0.15) is 196 Å². The molecule has 0 aliphatic rings. The molecular weight excluding hydrogens is 1550 g/mol. The number of primary amides is 6. The topological polar surface area (TPSA) is 543 Å². The van der Waals surface area contributed by atoms with Gasteiger partial charge in [0.05, 0.1) is 41.8 Å². The molecule has 0 heterocycles. The van der Waals surface area contributed by atoms with E-state index < -0.39 is 87.6 Å². The summed E-state index contributed by atoms with van der Waals surface area (Å²) in [4.78, 5) is 129. The number of nitrogens with one attached hydrogen (secondary N) is 1. The van der Waals surface area contributed by atoms with Crippen LogP contribution in [0.5, 0.6) is 0 Å². The van der Waals surface area contributed by atoms with Gasteiger partial charge >= 0.3 is 29.8 Å². The fourth-order valence-electron chi connectivity index (χ4n) is 8.42. The number of nitrogens with zero attached hydrogens (tertiary/aromatic N) is 2. The number of benzene rings is 6. The van der Waals surface area contributed by atoms with E-state index in [9.17, 15) is 52.7 Å². The van der Waals surface area contributed by atoms with Crippen molar-refractivity contribution in [2.45, 2.75) is 215 Å². The van der Waals surface area contributed by atoms with Crippen LogP contribution in [0.15, 0.2) is 205 Å². The first-order valence-electron chi connectivity index (χ1n) is 36.8. The first-order valence-corrected chi connectivity index (χ1v) is 36.8. The molecule has 21 N–H and O–H groups in total. The highest BCUT2D eigenvalue weighted by molar-refractivity contribution is 6.14. The number of carbonyl (C=O) groups is 11. The average Bonchev–Trinajstić information content (AvgIpc) is 0.840. The third kappa shape index (κ3) is 62.0. The standard InChI is InChI=1S/C22H26N2O3.C15H14N2O.C13H11N.3C9H18N2O3.C7H12O2.C2H6N2O.CH4.2ClH/c1-22(2,3)27-19(25)15-14-18(21(23)26)24-20(16-10-6-4-7-11-16)17-12-8-5-9-13-17;16-14(18)11-17-15(12-7-3-1-4-8-12)13-9-5-2-6-10-13;14-13(11-7-3-1-4-8-11)12-9-5-2-6-10-12;3*1-9(2,3)14-7(12)5-4-6(10)8(11)13;1-5-6(8)9-7(2,3)4;3-1-2(4)5;;;/h4-13,18H,14-15H2,1-3H3,(H2,23,26);1-10H,11H2,(H2,16,18);1-10,14H;3*6H,4-5,10H2,1-3H3,(H2,11,13);5H,1H2,2-4H3;1,3H2,(H2,4,5);1H4;2*1H/t;;;2*6-;;;;;;/m...00....../s1. The molecule has 0 aliphatic heterocycles. The van der Waals surface area contributed by atoms with Crippen molar-refractivity contribution in [1.29, 1.82) is 5.41 Å². The maximum atomic E-state index is 12.0. The van der Waals surface area contributed by atoms with Gasteiger partial charge in [-0.15, -0.1) is 24.8 Å². The predicted molar refractivity (Wildman–Crippen MR) is 470 cm³/mol. The Labute approximate surface area is 708 Å². The molecule has 4 atom stereocenters. The zero-order valence-corrected chi connectivity index (χ0v) is 71.6. The fraction of sp³-hybridized carbons (Fsp3) is 0.402. The van der Waals surface area contributed by atoms with Gasteiger partial charge in [0.15, 0.2) is 0 Å². The zero-order valence-electron chi connectivity index (χ0n) is 70.0. The lowest BCUT2D eigenvalue weighted by Gasteiger charge is -2.20. The van der Waals surface area contributed by atoms with Gasteiger partial charge in [-0.2, -0.15) is 0 Å². The number of esters is 5. The maximum Gasteiger partial charge on any atom is 0.330 e. The number of aliphatic imine (C=N–C) groups is 2. The number of rotatable bonds is 27. The Bertz CT molecular complexity index is 3800. The van der Waals surface area contributed by atoms with Gasteiger partial charge in [0.25, 0.3) is 0 Å². The number of amides is 6. The van der Waals surface area contributed by atoms with Crippen LogP contribution in [0.3, 0.4) is 0 Å². The fourth-order valence-corrected chi connectivity index (χ4v) is 8.42. The molecule has 6 aromatic rings. The molecule has 0 fully saturated rings. The normalized spacial score (nSPS) is 11.3. The van der Waals surface area contributed by atoms with Crippen LogP contribution in [0.2, 0.25) is 0 Å². The van der Waals surface area contributed by atoms with E-state index >= 15 is 0 Å². The maximum absolute atomic E-state index is 12.0. The molecule has 0 aliphatic carbocycles. The van der Waals surface area contributed by atoms with Crippen LogP contribution in [-0.2, 0) is 76.4 Å². The van der Waals surface area contributed by atoms with Crippen LogP contribution in [0.4, 0.5) is 0 Å². The summed E-state index contributed by atoms with van der Waals surface area (Å²) in [6.45, 7) is 30.1. The van der Waals surface area contributed by atoms with E-state index in [1.54, 1.807) is 83.1 Å². The lowest BCUT2D eigenvalue weighted by Crippen LogP contribution is -2.37. The number of halogens is 2. The Balaban J connectivity index is -0.000000424. The highest BCUT2D eigenvalue weighted by atomic mass is 35.5. The zero-order chi connectivity index (χ0) is 88.3. The van der Waals surface area contributed by atoms with Crippen LogP contribution in [0.25, 0.3) is 0 Å². The number of ether oxygens (including phenoxy) is 5. The molecule has 6 aromatic carbocycles. The van der Waals surface area contributed by atoms with Crippen LogP contribution in [0, 0.1) is 5.41 Å². The van der Waals surface area contributed by atoms with Crippen molar-refractivity contribution in [2.24, 2.45) is 67.3 Å². The van der Waals surface area contributed by atoms with Crippen molar-refractivity contribution < 1.29 is 76.4 Å². The number of nitrogens with two attached hydrogens (primary N) is 10. The van der Waals surface area contributed by atoms with Crippen LogP contribution < -0.4 is 57.3 Å². The van der Waals surface area contributed by atoms with E-state index in [0.29, 0.717) is 11.4 Å². The molecule has 31 heteroatoms. The predicted octanol–water partition coefficient (Wildman–Crippen LogP) is 9.80. The molecule has 652 valence electrons. The third-order valence-corrected chi connectivity index (χ3v) is 13.5. The summed E-state index contributed by atoms with van der Waals surface area (Å²) >= 11 is 0. The average molecular weight is 1680 g/mol. The molecule has 2 unspecified atom stereocenters. The van der Waals surface area contributed by atoms with Gasteiger partial charge in [0, 0.05) is 54.0 Å². The summed E-state index contributed by atoms with van der Waals surface area (Å²) in [6.07, 6.45) is 2.45. The number of carbonyl (C=O) groups excluding carboxylic acids is 11. The molecule has 118 heavy (non-hydrogen) atoms. The highest BCUT2D eigenvalue weighted by Crippen LogP contribution is 2.19. The Hall–Kier alpha value is -11.3. The summed E-state index contributed by atoms with van der Waals surface area (Å²) in [7, 11) is 0. The Kier molecular flexibility index (Phi) is 58.8. The van der Waals surface area contributed by atoms with Crippen molar-refractivity contribution in [1.82, 2.24) is 0 Å². The first kappa shape index (κ1) is 115. The van der Waals surface area contributed by atoms with Crippen molar-refractivity contribution in [3.05, 3.63) is 228 Å². The summed E-state index contributed by atoms with van der Waals surface area (Å²) in [6, 6.07) is 55.1. The number of hydrogen-bond acceptors (Lipinski definition) is 23. The lowest BCUT2D eigenvalue weighted by molar-refractivity contribution is -0.156. The van der Waals surface area contributed by atoms with Gasteiger partial charge in [0.2, 0.25) is 35.4 Å². The Morgan fingerprint density at radius 2 is 0.585 bits per heavy atom. The second kappa shape index (κ2) is 60.2. The molecular formula is C87H129Cl2N13O16. The quantitative estimate of drug-likeness (QED) is 0.00988. The van der Waals surface area contributed by atoms with E-state index in [0.717, 1.165) is 45.2 Å². The van der Waals surface area contributed by atoms with Crippen molar-refractivity contribution in [3.8, 4) is 0 Å². The summed E-state index contributed by atoms with van der Waals surface area (Å²) in [5.74, 6) is -5.12. The van der Waals surface area contributed by atoms with Gasteiger partial charge in [-0.05, 0) is 141 Å². The molecule has 6 rings (SSSR count). The van der Waals surface area contributed by atoms with E-state index in [4.69, 9.17) is 80.7 Å². The summed E-state index contributed by atoms with van der Waals surface area (Å²) < 4.78 is 25.2. The first-order chi connectivity index (χ1) is 53.3. The summed E-state index contributed by atoms with van der Waals surface area (Å²) in [5, 5.41) is 7.97. The van der Waals surface area contributed by atoms with Crippen molar-refractivity contribution in [2.75, 3.05) is 13.1 Å². The monoisotopic (exact) mass is 1680 g/mol.